The van der Waals surface area contributed by atoms with Gasteiger partial charge in [0.1, 0.15) is 10.6 Å². The lowest BCUT2D eigenvalue weighted by Gasteiger charge is -2.14. The summed E-state index contributed by atoms with van der Waals surface area (Å²) in [5.74, 6) is 1.10. The Morgan fingerprint density at radius 3 is 2.24 bits per heavy atom. The molecule has 2 N–H and O–H groups in total. The fourth-order valence-electron chi connectivity index (χ4n) is 2.56. The number of sulfonamides is 1. The van der Waals surface area contributed by atoms with Crippen molar-refractivity contribution in [2.75, 3.05) is 4.72 Å². The van der Waals surface area contributed by atoms with Crippen molar-refractivity contribution >= 4 is 15.7 Å². The van der Waals surface area contributed by atoms with E-state index in [0.717, 1.165) is 5.56 Å². The Morgan fingerprint density at radius 2 is 1.60 bits per heavy atom. The van der Waals surface area contributed by atoms with Crippen molar-refractivity contribution in [2.45, 2.75) is 25.7 Å². The second kappa shape index (κ2) is 6.60. The maximum Gasteiger partial charge on any atom is 0.265 e. The normalized spacial score (nSPS) is 11.3. The molecule has 0 saturated carbocycles. The zero-order chi connectivity index (χ0) is 18.0. The van der Waals surface area contributed by atoms with Crippen LogP contribution in [0, 0.1) is 20.8 Å². The lowest BCUT2D eigenvalue weighted by Crippen LogP contribution is -2.15. The predicted molar refractivity (Wildman–Crippen MR) is 96.6 cm³/mol. The quantitative estimate of drug-likeness (QED) is 0.725. The minimum absolute atomic E-state index is 0.151. The van der Waals surface area contributed by atoms with Gasteiger partial charge in [-0.05, 0) is 44.5 Å². The molecule has 130 valence electrons. The largest absolute Gasteiger partial charge is 0.455 e. The van der Waals surface area contributed by atoms with Crippen LogP contribution in [0.4, 0.5) is 5.69 Å². The van der Waals surface area contributed by atoms with Crippen molar-refractivity contribution in [3.8, 4) is 11.5 Å². The summed E-state index contributed by atoms with van der Waals surface area (Å²) in [6.07, 6.45) is 0. The fourth-order valence-corrected chi connectivity index (χ4v) is 4.01. The highest BCUT2D eigenvalue weighted by Gasteiger charge is 2.23. The third-order valence-corrected chi connectivity index (χ3v) is 5.40. The standard InChI is InChI=1S/C18H19N3O3S/c1-12-8-4-6-10-16(12)24-17-11-7-5-9-15(17)21-25(22,23)18-13(2)19-20-14(18)3/h4-11,21H,1-3H3,(H,19,20). The van der Waals surface area contributed by atoms with Gasteiger partial charge in [0, 0.05) is 0 Å². The van der Waals surface area contributed by atoms with E-state index in [1.165, 1.54) is 0 Å². The Morgan fingerprint density at radius 1 is 0.960 bits per heavy atom. The van der Waals surface area contributed by atoms with E-state index in [-0.39, 0.29) is 4.90 Å². The molecule has 7 heteroatoms. The summed E-state index contributed by atoms with van der Waals surface area (Å²) < 4.78 is 34.0. The Kier molecular flexibility index (Phi) is 4.50. The van der Waals surface area contributed by atoms with E-state index in [4.69, 9.17) is 4.74 Å². The number of ether oxygens (including phenoxy) is 1. The van der Waals surface area contributed by atoms with Crippen LogP contribution in [0.1, 0.15) is 17.0 Å². The first kappa shape index (κ1) is 17.0. The van der Waals surface area contributed by atoms with Crippen LogP contribution in [0.3, 0.4) is 0 Å². The van der Waals surface area contributed by atoms with Gasteiger partial charge in [-0.1, -0.05) is 30.3 Å². The van der Waals surface area contributed by atoms with E-state index in [1.807, 2.05) is 31.2 Å². The van der Waals surface area contributed by atoms with Gasteiger partial charge < -0.3 is 4.74 Å². The highest BCUT2D eigenvalue weighted by atomic mass is 32.2. The molecule has 0 atom stereocenters. The summed E-state index contributed by atoms with van der Waals surface area (Å²) in [4.78, 5) is 0.151. The number of hydrogen-bond acceptors (Lipinski definition) is 4. The maximum absolute atomic E-state index is 12.7. The lowest BCUT2D eigenvalue weighted by atomic mass is 10.2. The van der Waals surface area contributed by atoms with Gasteiger partial charge in [0.2, 0.25) is 0 Å². The van der Waals surface area contributed by atoms with Gasteiger partial charge in [-0.2, -0.15) is 5.10 Å². The summed E-state index contributed by atoms with van der Waals surface area (Å²) in [7, 11) is -3.78. The molecule has 0 fully saturated rings. The number of nitrogens with one attached hydrogen (secondary N) is 2. The third-order valence-electron chi connectivity index (χ3n) is 3.77. The molecule has 0 radical (unpaired) electrons. The Labute approximate surface area is 146 Å². The van der Waals surface area contributed by atoms with E-state index < -0.39 is 10.0 Å². The molecule has 1 heterocycles. The van der Waals surface area contributed by atoms with Crippen molar-refractivity contribution in [3.05, 3.63) is 65.5 Å². The summed E-state index contributed by atoms with van der Waals surface area (Å²) in [5, 5.41) is 6.64. The molecule has 6 nitrogen and oxygen atoms in total. The van der Waals surface area contributed by atoms with Crippen LogP contribution < -0.4 is 9.46 Å². The summed E-state index contributed by atoms with van der Waals surface area (Å²) in [6, 6.07) is 14.5. The molecule has 0 aliphatic heterocycles. The number of aromatic nitrogens is 2. The monoisotopic (exact) mass is 357 g/mol. The molecular formula is C18H19N3O3S. The zero-order valence-corrected chi connectivity index (χ0v) is 15.0. The fraction of sp³-hybridized carbons (Fsp3) is 0.167. The molecule has 3 rings (SSSR count). The zero-order valence-electron chi connectivity index (χ0n) is 14.2. The van der Waals surface area contributed by atoms with E-state index in [1.54, 1.807) is 38.1 Å². The van der Waals surface area contributed by atoms with E-state index in [9.17, 15) is 8.42 Å². The number of nitrogens with zero attached hydrogens (tertiary/aromatic N) is 1. The van der Waals surface area contributed by atoms with E-state index in [0.29, 0.717) is 28.6 Å². The van der Waals surface area contributed by atoms with Crippen LogP contribution >= 0.6 is 0 Å². The average molecular weight is 357 g/mol. The molecule has 25 heavy (non-hydrogen) atoms. The van der Waals surface area contributed by atoms with Gasteiger partial charge in [-0.3, -0.25) is 9.82 Å². The minimum Gasteiger partial charge on any atom is -0.455 e. The summed E-state index contributed by atoms with van der Waals surface area (Å²) in [6.45, 7) is 5.25. The maximum atomic E-state index is 12.7. The Balaban J connectivity index is 1.95. The van der Waals surface area contributed by atoms with Crippen molar-refractivity contribution in [1.29, 1.82) is 0 Å². The topological polar surface area (TPSA) is 84.1 Å². The number of aromatic amines is 1. The van der Waals surface area contributed by atoms with Gasteiger partial charge in [0.25, 0.3) is 10.0 Å². The van der Waals surface area contributed by atoms with Crippen molar-refractivity contribution in [2.24, 2.45) is 0 Å². The number of para-hydroxylation sites is 3. The highest BCUT2D eigenvalue weighted by Crippen LogP contribution is 2.32. The SMILES string of the molecule is Cc1ccccc1Oc1ccccc1NS(=O)(=O)c1c(C)n[nH]c1C. The smallest absolute Gasteiger partial charge is 0.265 e. The van der Waals surface area contributed by atoms with Gasteiger partial charge in [0.05, 0.1) is 17.1 Å². The molecule has 0 unspecified atom stereocenters. The Bertz CT molecular complexity index is 990. The number of benzene rings is 2. The number of aryl methyl sites for hydroxylation is 3. The third kappa shape index (κ3) is 3.51. The van der Waals surface area contributed by atoms with Crippen LogP contribution in [-0.4, -0.2) is 18.6 Å². The van der Waals surface area contributed by atoms with Crippen LogP contribution in [-0.2, 0) is 10.0 Å². The molecule has 1 aromatic heterocycles. The van der Waals surface area contributed by atoms with Gasteiger partial charge in [-0.15, -0.1) is 0 Å². The molecule has 3 aromatic rings. The van der Waals surface area contributed by atoms with Gasteiger partial charge >= 0.3 is 0 Å². The molecule has 0 spiro atoms. The molecule has 0 bridgehead atoms. The number of anilines is 1. The molecule has 0 amide bonds. The number of rotatable bonds is 5. The molecule has 0 aliphatic carbocycles. The highest BCUT2D eigenvalue weighted by molar-refractivity contribution is 7.92. The summed E-state index contributed by atoms with van der Waals surface area (Å²) >= 11 is 0. The Hall–Kier alpha value is -2.80. The first-order valence-corrected chi connectivity index (χ1v) is 9.23. The number of H-pyrrole nitrogens is 1. The van der Waals surface area contributed by atoms with E-state index in [2.05, 4.69) is 14.9 Å². The average Bonchev–Trinajstić information content (AvgIpc) is 2.90. The molecule has 2 aromatic carbocycles. The first-order valence-electron chi connectivity index (χ1n) is 7.75. The van der Waals surface area contributed by atoms with Crippen molar-refractivity contribution < 1.29 is 13.2 Å². The summed E-state index contributed by atoms with van der Waals surface area (Å²) in [5.41, 5.74) is 2.23. The lowest BCUT2D eigenvalue weighted by molar-refractivity contribution is 0.481. The second-order valence-corrected chi connectivity index (χ2v) is 7.35. The second-order valence-electron chi connectivity index (χ2n) is 5.73. The van der Waals surface area contributed by atoms with Crippen LogP contribution in [0.2, 0.25) is 0 Å². The predicted octanol–water partition coefficient (Wildman–Crippen LogP) is 3.93. The molecule has 0 saturated heterocycles. The van der Waals surface area contributed by atoms with E-state index >= 15 is 0 Å². The van der Waals surface area contributed by atoms with Gasteiger partial charge in [0.15, 0.2) is 5.75 Å². The van der Waals surface area contributed by atoms with Crippen LogP contribution in [0.5, 0.6) is 11.5 Å². The first-order chi connectivity index (χ1) is 11.9. The van der Waals surface area contributed by atoms with Crippen LogP contribution in [0.15, 0.2) is 53.4 Å². The number of hydrogen-bond donors (Lipinski definition) is 2. The van der Waals surface area contributed by atoms with Crippen LogP contribution in [0.25, 0.3) is 0 Å². The molecule has 0 aliphatic rings. The molecular weight excluding hydrogens is 338 g/mol. The van der Waals surface area contributed by atoms with Gasteiger partial charge in [-0.25, -0.2) is 8.42 Å². The van der Waals surface area contributed by atoms with Crippen molar-refractivity contribution in [1.82, 2.24) is 10.2 Å². The van der Waals surface area contributed by atoms with Crippen molar-refractivity contribution in [3.63, 3.8) is 0 Å². The minimum atomic E-state index is -3.78.